The Hall–Kier alpha value is 2.09. The molecule has 0 saturated heterocycles. The molecule has 0 fully saturated rings. The van der Waals surface area contributed by atoms with E-state index in [9.17, 15) is 9.90 Å². The van der Waals surface area contributed by atoms with Gasteiger partial charge in [0.1, 0.15) is 0 Å². The van der Waals surface area contributed by atoms with Crippen molar-refractivity contribution in [3.63, 3.8) is 0 Å². The van der Waals surface area contributed by atoms with Crippen LogP contribution in [0.4, 0.5) is 4.79 Å². The van der Waals surface area contributed by atoms with Crippen LogP contribution in [-0.2, 0) is 0 Å². The fourth-order valence-corrected chi connectivity index (χ4v) is 2.11. The molecule has 0 aliphatic carbocycles. The number of aliphatic hydroxyl groups is 4. The number of carboxylic acid groups (broad SMARTS) is 1. The maximum absolute atomic E-state index is 9.97. The summed E-state index contributed by atoms with van der Waals surface area (Å²) in [6.45, 7) is -0.721. The van der Waals surface area contributed by atoms with E-state index in [2.05, 4.69) is 0 Å². The third-order valence-electron chi connectivity index (χ3n) is 1.12. The monoisotopic (exact) mass is 349 g/mol. The first-order valence-corrected chi connectivity index (χ1v) is 5.81. The van der Waals surface area contributed by atoms with Crippen molar-refractivity contribution >= 4 is 25.5 Å². The summed E-state index contributed by atoms with van der Waals surface area (Å²) in [6.07, 6.45) is -3.11. The summed E-state index contributed by atoms with van der Waals surface area (Å²) in [5.41, 5.74) is 0. The molecule has 0 aromatic rings. The molecule has 0 aliphatic rings. The second kappa shape index (κ2) is 14.2. The zero-order valence-electron chi connectivity index (χ0n) is 8.44. The number of hydrogen-bond donors (Lipinski definition) is 4. The van der Waals surface area contributed by atoms with E-state index in [0.29, 0.717) is 0 Å². The summed E-state index contributed by atoms with van der Waals surface area (Å²) in [4.78, 5) is 9.97. The molecule has 0 aliphatic heterocycles. The molecular weight excluding hydrogens is 340 g/mol. The fourth-order valence-electron chi connectivity index (χ4n) is 0.491. The van der Waals surface area contributed by atoms with Crippen molar-refractivity contribution in [2.45, 2.75) is 16.3 Å². The Balaban J connectivity index is -0.000000202. The first-order valence-electron chi connectivity index (χ1n) is 3.06. The van der Waals surface area contributed by atoms with Crippen LogP contribution in [0.2, 0.25) is 0 Å². The van der Waals surface area contributed by atoms with E-state index in [1.54, 1.807) is 0 Å². The van der Waals surface area contributed by atoms with E-state index < -0.39 is 48.4 Å². The molecule has 7 nitrogen and oxygen atoms in total. The SMILES string of the molecule is O=[C]([O-])[Sb][C@@H](O)[C@H](O)[C@H](O)CO.[Na+].[Na+].[OH-]. The molecule has 0 aromatic carbocycles. The van der Waals surface area contributed by atoms with E-state index >= 15 is 0 Å². The molecular formula is C5H10Na2O7Sb. The maximum Gasteiger partial charge on any atom is 1.00 e. The summed E-state index contributed by atoms with van der Waals surface area (Å²) in [5, 5.41) is 44.9. The number of rotatable bonds is 5. The smallest absolute Gasteiger partial charge is 0.870 e. The van der Waals surface area contributed by atoms with Gasteiger partial charge in [-0.05, 0) is 0 Å². The zero-order valence-corrected chi connectivity index (χ0v) is 15.0. The Labute approximate surface area is 141 Å². The van der Waals surface area contributed by atoms with Crippen molar-refractivity contribution in [2.75, 3.05) is 6.61 Å². The summed E-state index contributed by atoms with van der Waals surface area (Å²) in [6, 6.07) is 0. The van der Waals surface area contributed by atoms with Crippen molar-refractivity contribution in [1.29, 1.82) is 0 Å². The van der Waals surface area contributed by atoms with Gasteiger partial charge >= 0.3 is 138 Å². The summed E-state index contributed by atoms with van der Waals surface area (Å²) < 4.78 is -2.86. The van der Waals surface area contributed by atoms with Crippen molar-refractivity contribution in [2.24, 2.45) is 0 Å². The molecule has 0 unspecified atom stereocenters. The van der Waals surface area contributed by atoms with Gasteiger partial charge in [-0.15, -0.1) is 0 Å². The molecule has 0 amide bonds. The zero-order chi connectivity index (χ0) is 9.72. The topological polar surface area (TPSA) is 151 Å². The molecule has 0 heterocycles. The van der Waals surface area contributed by atoms with Gasteiger partial charge in [0.05, 0.1) is 0 Å². The van der Waals surface area contributed by atoms with Gasteiger partial charge < -0.3 is 5.48 Å². The van der Waals surface area contributed by atoms with Crippen LogP contribution in [-0.4, -0.2) is 74.3 Å². The molecule has 15 heavy (non-hydrogen) atoms. The average molecular weight is 350 g/mol. The van der Waals surface area contributed by atoms with Crippen LogP contribution in [0.1, 0.15) is 0 Å². The van der Waals surface area contributed by atoms with E-state index in [-0.39, 0.29) is 64.6 Å². The van der Waals surface area contributed by atoms with E-state index in [4.69, 9.17) is 20.4 Å². The van der Waals surface area contributed by atoms with E-state index in [1.807, 2.05) is 0 Å². The van der Waals surface area contributed by atoms with Gasteiger partial charge in [-0.1, -0.05) is 0 Å². The Morgan fingerprint density at radius 1 is 1.27 bits per heavy atom. The standard InChI is InChI=1S/C4H9O4.CO2.2Na.H2O.Sb/c5-1-3(7)4(8)2-6;2-1-3;;;;/h1,3-8H,2H2;;;;1H2;/q;-1;2*+1;;/p-1/t3-,4+;;;;;/m0...../s1. The predicted molar refractivity (Wildman–Crippen MR) is 38.2 cm³/mol. The molecule has 79 valence electrons. The molecule has 3 atom stereocenters. The average Bonchev–Trinajstić information content (AvgIpc) is 2.00. The minimum atomic E-state index is -2.09. The van der Waals surface area contributed by atoms with Crippen molar-refractivity contribution < 1.29 is 94.9 Å². The molecule has 0 rings (SSSR count). The number of carbonyl (C=O) groups excluding carboxylic acids is 1. The van der Waals surface area contributed by atoms with Crippen molar-refractivity contribution in [3.8, 4) is 0 Å². The largest absolute Gasteiger partial charge is 1.00 e. The van der Waals surface area contributed by atoms with Gasteiger partial charge in [0.25, 0.3) is 0 Å². The molecule has 0 bridgehead atoms. The molecule has 10 heteroatoms. The second-order valence-electron chi connectivity index (χ2n) is 2.05. The number of hydrogen-bond acceptors (Lipinski definition) is 7. The van der Waals surface area contributed by atoms with Gasteiger partial charge in [-0.25, -0.2) is 0 Å². The first-order chi connectivity index (χ1) is 5.49. The third kappa shape index (κ3) is 12.3. The van der Waals surface area contributed by atoms with Crippen LogP contribution in [0, 0.1) is 0 Å². The van der Waals surface area contributed by atoms with Gasteiger partial charge in [0.15, 0.2) is 0 Å². The molecule has 0 aromatic heterocycles. The van der Waals surface area contributed by atoms with Gasteiger partial charge in [-0.2, -0.15) is 0 Å². The normalized spacial score (nSPS) is 14.7. The van der Waals surface area contributed by atoms with Gasteiger partial charge in [-0.3, -0.25) is 0 Å². The van der Waals surface area contributed by atoms with Gasteiger partial charge in [0.2, 0.25) is 0 Å². The van der Waals surface area contributed by atoms with Crippen molar-refractivity contribution in [1.82, 2.24) is 0 Å². The van der Waals surface area contributed by atoms with Crippen LogP contribution in [0.3, 0.4) is 0 Å². The Morgan fingerprint density at radius 3 is 1.93 bits per heavy atom. The summed E-state index contributed by atoms with van der Waals surface area (Å²) in [7, 11) is 0. The van der Waals surface area contributed by atoms with Crippen LogP contribution in [0.5, 0.6) is 0 Å². The second-order valence-corrected chi connectivity index (χ2v) is 5.34. The minimum absolute atomic E-state index is 0. The Kier molecular flexibility index (Phi) is 24.4. The minimum Gasteiger partial charge on any atom is -0.870 e. The molecule has 5 N–H and O–H groups in total. The van der Waals surface area contributed by atoms with Gasteiger partial charge in [0, 0.05) is 0 Å². The third-order valence-corrected chi connectivity index (χ3v) is 3.35. The van der Waals surface area contributed by atoms with E-state index in [0.717, 1.165) is 0 Å². The molecule has 1 radical (unpaired) electrons. The Morgan fingerprint density at radius 2 is 1.67 bits per heavy atom. The van der Waals surface area contributed by atoms with Crippen LogP contribution in [0.15, 0.2) is 0 Å². The predicted octanol–water partition coefficient (Wildman–Crippen LogP) is -10.1. The van der Waals surface area contributed by atoms with Crippen molar-refractivity contribution in [3.05, 3.63) is 0 Å². The van der Waals surface area contributed by atoms with Crippen LogP contribution < -0.4 is 64.2 Å². The molecule has 0 saturated carbocycles. The number of aliphatic hydroxyl groups excluding tert-OH is 4. The Bertz CT molecular complexity index is 160. The quantitative estimate of drug-likeness (QED) is 0.360. The fraction of sp³-hybridized carbons (Fsp3) is 0.800. The summed E-state index contributed by atoms with van der Waals surface area (Å²) in [5.74, 6) is 0. The van der Waals surface area contributed by atoms with Crippen LogP contribution >= 0.6 is 0 Å². The maximum atomic E-state index is 9.97. The molecule has 0 spiro atoms. The summed E-state index contributed by atoms with van der Waals surface area (Å²) >= 11 is -2.09. The number of carbonyl (C=O) groups is 1. The van der Waals surface area contributed by atoms with Crippen LogP contribution in [0.25, 0.3) is 0 Å². The van der Waals surface area contributed by atoms with E-state index in [1.165, 1.54) is 0 Å². The first kappa shape index (κ1) is 25.8.